The van der Waals surface area contributed by atoms with Gasteiger partial charge in [-0.1, -0.05) is 51.1 Å². The first kappa shape index (κ1) is 18.9. The fraction of sp³-hybridized carbons (Fsp3) is 0.714. The van der Waals surface area contributed by atoms with Gasteiger partial charge in [-0.25, -0.2) is 13.1 Å². The highest BCUT2D eigenvalue weighted by Crippen LogP contribution is 2.26. The second-order valence-electron chi connectivity index (χ2n) is 5.30. The van der Waals surface area contributed by atoms with Crippen LogP contribution >= 0.6 is 22.9 Å². The van der Waals surface area contributed by atoms with Crippen LogP contribution in [-0.2, 0) is 10.0 Å². The predicted octanol–water partition coefficient (Wildman–Crippen LogP) is 3.65. The lowest BCUT2D eigenvalue weighted by Crippen LogP contribution is -2.41. The van der Waals surface area contributed by atoms with Crippen LogP contribution in [0.25, 0.3) is 0 Å². The smallest absolute Gasteiger partial charge is 0.250 e. The van der Waals surface area contributed by atoms with Gasteiger partial charge in [-0.3, -0.25) is 0 Å². The minimum atomic E-state index is -3.61. The zero-order valence-corrected chi connectivity index (χ0v) is 14.9. The van der Waals surface area contributed by atoms with E-state index in [2.05, 4.69) is 11.6 Å². The molecule has 2 N–H and O–H groups in total. The first-order chi connectivity index (χ1) is 9.90. The summed E-state index contributed by atoms with van der Waals surface area (Å²) in [6, 6.07) is 2.58. The van der Waals surface area contributed by atoms with Crippen LogP contribution in [0.3, 0.4) is 0 Å². The number of aliphatic hydroxyl groups is 1. The van der Waals surface area contributed by atoms with E-state index in [0.29, 0.717) is 4.34 Å². The minimum absolute atomic E-state index is 0.0945. The molecule has 0 aliphatic rings. The summed E-state index contributed by atoms with van der Waals surface area (Å²) < 4.78 is 27.7. The van der Waals surface area contributed by atoms with Gasteiger partial charge in [0.15, 0.2) is 0 Å². The Bertz CT molecular complexity index is 516. The Hall–Kier alpha value is -0.140. The fourth-order valence-corrected chi connectivity index (χ4v) is 4.96. The summed E-state index contributed by atoms with van der Waals surface area (Å²) in [4.78, 5) is 0. The van der Waals surface area contributed by atoms with E-state index in [1.54, 1.807) is 6.07 Å². The number of halogens is 1. The van der Waals surface area contributed by atoms with Crippen LogP contribution in [0, 0.1) is 5.92 Å². The molecular weight excluding hydrogens is 330 g/mol. The molecule has 1 aromatic heterocycles. The Morgan fingerprint density at radius 1 is 1.33 bits per heavy atom. The van der Waals surface area contributed by atoms with Crippen molar-refractivity contribution < 1.29 is 13.5 Å². The van der Waals surface area contributed by atoms with Crippen molar-refractivity contribution in [1.29, 1.82) is 0 Å². The van der Waals surface area contributed by atoms with Crippen molar-refractivity contribution in [3.05, 3.63) is 16.5 Å². The third kappa shape index (κ3) is 6.24. The number of aliphatic hydroxyl groups excluding tert-OH is 1. The molecule has 0 aromatic carbocycles. The molecule has 21 heavy (non-hydrogen) atoms. The molecular formula is C14H24ClNO3S2. The summed E-state index contributed by atoms with van der Waals surface area (Å²) in [5.41, 5.74) is 0. The number of rotatable bonds is 10. The van der Waals surface area contributed by atoms with Crippen LogP contribution in [0.1, 0.15) is 46.0 Å². The Morgan fingerprint density at radius 3 is 2.57 bits per heavy atom. The van der Waals surface area contributed by atoms with Crippen LogP contribution in [0.2, 0.25) is 4.34 Å². The van der Waals surface area contributed by atoms with E-state index < -0.39 is 16.1 Å². The number of thiophene rings is 1. The molecule has 0 radical (unpaired) electrons. The summed E-state index contributed by atoms with van der Waals surface area (Å²) in [6.07, 6.45) is 5.46. The van der Waals surface area contributed by atoms with Crippen LogP contribution in [0.15, 0.2) is 16.3 Å². The highest BCUT2D eigenvalue weighted by atomic mass is 35.5. The van der Waals surface area contributed by atoms with Crippen LogP contribution in [0.5, 0.6) is 0 Å². The summed E-state index contributed by atoms with van der Waals surface area (Å²) in [6.45, 7) is 3.92. The molecule has 1 rings (SSSR count). The Balaban J connectivity index is 2.60. The Labute approximate surface area is 136 Å². The molecule has 0 fully saturated rings. The molecule has 0 saturated carbocycles. The number of hydrogen-bond donors (Lipinski definition) is 2. The van der Waals surface area contributed by atoms with Gasteiger partial charge < -0.3 is 5.11 Å². The third-order valence-electron chi connectivity index (χ3n) is 3.52. The van der Waals surface area contributed by atoms with Crippen molar-refractivity contribution in [2.24, 2.45) is 5.92 Å². The lowest BCUT2D eigenvalue weighted by molar-refractivity contribution is 0.214. The highest BCUT2D eigenvalue weighted by molar-refractivity contribution is 7.91. The van der Waals surface area contributed by atoms with Gasteiger partial charge in [0.05, 0.1) is 10.9 Å². The lowest BCUT2D eigenvalue weighted by atomic mass is 9.96. The highest BCUT2D eigenvalue weighted by Gasteiger charge is 2.25. The van der Waals surface area contributed by atoms with Crippen LogP contribution in [0.4, 0.5) is 0 Å². The molecule has 0 unspecified atom stereocenters. The fourth-order valence-electron chi connectivity index (χ4n) is 2.13. The maximum Gasteiger partial charge on any atom is 0.250 e. The van der Waals surface area contributed by atoms with Crippen LogP contribution < -0.4 is 4.72 Å². The molecule has 122 valence electrons. The molecule has 7 heteroatoms. The first-order valence-corrected chi connectivity index (χ1v) is 9.97. The van der Waals surface area contributed by atoms with Gasteiger partial charge in [0, 0.05) is 6.04 Å². The Morgan fingerprint density at radius 2 is 2.05 bits per heavy atom. The maximum absolute atomic E-state index is 12.2. The second-order valence-corrected chi connectivity index (χ2v) is 8.95. The van der Waals surface area contributed by atoms with E-state index in [4.69, 9.17) is 11.6 Å². The van der Waals surface area contributed by atoms with Crippen molar-refractivity contribution in [2.45, 2.75) is 56.2 Å². The Kier molecular flexibility index (Phi) is 8.19. The molecule has 1 aromatic rings. The lowest BCUT2D eigenvalue weighted by Gasteiger charge is -2.22. The normalized spacial score (nSPS) is 15.0. The van der Waals surface area contributed by atoms with E-state index in [1.807, 2.05) is 6.92 Å². The number of sulfonamides is 1. The van der Waals surface area contributed by atoms with E-state index in [0.717, 1.165) is 30.6 Å². The van der Waals surface area contributed by atoms with Gasteiger partial charge in [0.2, 0.25) is 10.0 Å². The average Bonchev–Trinajstić information content (AvgIpc) is 2.88. The van der Waals surface area contributed by atoms with Crippen molar-refractivity contribution in [1.82, 2.24) is 4.72 Å². The van der Waals surface area contributed by atoms with Crippen molar-refractivity contribution in [2.75, 3.05) is 6.61 Å². The van der Waals surface area contributed by atoms with E-state index >= 15 is 0 Å². The van der Waals surface area contributed by atoms with Crippen molar-refractivity contribution in [3.63, 3.8) is 0 Å². The van der Waals surface area contributed by atoms with Gasteiger partial charge in [-0.15, -0.1) is 11.3 Å². The molecule has 1 heterocycles. The summed E-state index contributed by atoms with van der Waals surface area (Å²) >= 11 is 6.79. The van der Waals surface area contributed by atoms with E-state index in [-0.39, 0.29) is 16.7 Å². The van der Waals surface area contributed by atoms with Crippen LogP contribution in [-0.4, -0.2) is 26.2 Å². The number of nitrogens with one attached hydrogen (secondary N) is 1. The van der Waals surface area contributed by atoms with Gasteiger partial charge in [-0.2, -0.15) is 0 Å². The SMILES string of the molecule is CCCCCC[C@H](C)[C@H](CO)NS(=O)(=O)c1ccc(Cl)s1. The predicted molar refractivity (Wildman–Crippen MR) is 88.4 cm³/mol. The maximum atomic E-state index is 12.2. The quantitative estimate of drug-likeness (QED) is 0.631. The summed E-state index contributed by atoms with van der Waals surface area (Å²) in [5.74, 6) is 0.0945. The standard InChI is InChI=1S/C14H24ClNO3S2/c1-3-4-5-6-7-11(2)12(10-17)16-21(18,19)14-9-8-13(15)20-14/h8-9,11-12,16-17H,3-7,10H2,1-2H3/t11-,12-/m0/s1. The van der Waals surface area contributed by atoms with Gasteiger partial charge >= 0.3 is 0 Å². The van der Waals surface area contributed by atoms with Crippen molar-refractivity contribution in [3.8, 4) is 0 Å². The molecule has 4 nitrogen and oxygen atoms in total. The zero-order chi connectivity index (χ0) is 15.9. The summed E-state index contributed by atoms with van der Waals surface area (Å²) in [7, 11) is -3.61. The summed E-state index contributed by atoms with van der Waals surface area (Å²) in [5, 5.41) is 9.46. The monoisotopic (exact) mass is 353 g/mol. The van der Waals surface area contributed by atoms with Gasteiger partial charge in [0.25, 0.3) is 0 Å². The van der Waals surface area contributed by atoms with Crippen molar-refractivity contribution >= 4 is 33.0 Å². The molecule has 0 bridgehead atoms. The molecule has 0 amide bonds. The molecule has 0 spiro atoms. The topological polar surface area (TPSA) is 66.4 Å². The molecule has 0 saturated heterocycles. The van der Waals surface area contributed by atoms with Gasteiger partial charge in [-0.05, 0) is 24.5 Å². The number of unbranched alkanes of at least 4 members (excludes halogenated alkanes) is 3. The van der Waals surface area contributed by atoms with E-state index in [1.165, 1.54) is 18.9 Å². The average molecular weight is 354 g/mol. The molecule has 0 aliphatic carbocycles. The third-order valence-corrected chi connectivity index (χ3v) is 6.73. The second kappa shape index (κ2) is 9.10. The first-order valence-electron chi connectivity index (χ1n) is 7.29. The largest absolute Gasteiger partial charge is 0.395 e. The van der Waals surface area contributed by atoms with E-state index in [9.17, 15) is 13.5 Å². The minimum Gasteiger partial charge on any atom is -0.395 e. The number of hydrogen-bond acceptors (Lipinski definition) is 4. The zero-order valence-electron chi connectivity index (χ0n) is 12.5. The van der Waals surface area contributed by atoms with Gasteiger partial charge in [0.1, 0.15) is 4.21 Å². The molecule has 0 aliphatic heterocycles. The molecule has 2 atom stereocenters.